The molecule has 1 fully saturated rings. The molecule has 0 spiro atoms. The van der Waals surface area contributed by atoms with Crippen LogP contribution in [-0.4, -0.2) is 32.2 Å². The number of hydrogen-bond donors (Lipinski definition) is 2. The number of nitrogen functional groups attached to an aromatic ring is 1. The minimum atomic E-state index is -0.644. The van der Waals surface area contributed by atoms with E-state index in [1.165, 1.54) is 0 Å². The Morgan fingerprint density at radius 3 is 2.61 bits per heavy atom. The molecule has 31 heavy (non-hydrogen) atoms. The molecule has 0 aliphatic heterocycles. The van der Waals surface area contributed by atoms with Crippen molar-refractivity contribution in [2.24, 2.45) is 0 Å². The van der Waals surface area contributed by atoms with E-state index in [0.717, 1.165) is 28.3 Å². The number of benzene rings is 2. The highest BCUT2D eigenvalue weighted by atomic mass is 16.5. The van der Waals surface area contributed by atoms with E-state index in [0.29, 0.717) is 30.2 Å². The molecule has 4 aromatic rings. The monoisotopic (exact) mass is 416 g/mol. The summed E-state index contributed by atoms with van der Waals surface area (Å²) in [5, 5.41) is 10.2. The maximum absolute atomic E-state index is 10.2. The van der Waals surface area contributed by atoms with Gasteiger partial charge in [-0.05, 0) is 50.1 Å². The number of nitrogens with two attached hydrogens (primary N) is 1. The Balaban J connectivity index is 1.58. The number of para-hydroxylation sites is 1. The molecule has 0 unspecified atom stereocenters. The van der Waals surface area contributed by atoms with Crippen molar-refractivity contribution in [3.8, 4) is 28.5 Å². The predicted molar refractivity (Wildman–Crippen MR) is 119 cm³/mol. The number of imidazole rings is 1. The molecule has 2 aromatic heterocycles. The van der Waals surface area contributed by atoms with E-state index in [4.69, 9.17) is 20.2 Å². The second-order valence-electron chi connectivity index (χ2n) is 8.23. The van der Waals surface area contributed by atoms with Crippen molar-refractivity contribution in [1.82, 2.24) is 14.4 Å². The standard InChI is InChI=1S/C24H24N4O3/c1-24(29)13-16(14-24)23-27-20(21-22(25)26-10-11-28(21)23)15-8-9-18(19(12-15)30-2)31-17-6-4-3-5-7-17/h3-12,16,29H,13-14H2,1-2H3,(H2,25,26)/t16-,24+. The lowest BCUT2D eigenvalue weighted by Crippen LogP contribution is -2.40. The third-order valence-corrected chi connectivity index (χ3v) is 5.76. The highest BCUT2D eigenvalue weighted by Crippen LogP contribution is 2.46. The van der Waals surface area contributed by atoms with E-state index in [1.807, 2.05) is 66.1 Å². The van der Waals surface area contributed by atoms with E-state index in [-0.39, 0.29) is 5.92 Å². The lowest BCUT2D eigenvalue weighted by Gasteiger charge is -2.40. The first kappa shape index (κ1) is 19.4. The minimum absolute atomic E-state index is 0.167. The third kappa shape index (κ3) is 3.47. The van der Waals surface area contributed by atoms with E-state index in [1.54, 1.807) is 13.3 Å². The molecular formula is C24H24N4O3. The zero-order chi connectivity index (χ0) is 21.6. The van der Waals surface area contributed by atoms with Gasteiger partial charge >= 0.3 is 0 Å². The van der Waals surface area contributed by atoms with E-state index in [2.05, 4.69) is 4.98 Å². The zero-order valence-electron chi connectivity index (χ0n) is 17.4. The Bertz CT molecular complexity index is 1240. The van der Waals surface area contributed by atoms with Crippen molar-refractivity contribution < 1.29 is 14.6 Å². The molecule has 2 heterocycles. The van der Waals surface area contributed by atoms with Crippen LogP contribution in [0.5, 0.6) is 17.2 Å². The van der Waals surface area contributed by atoms with Gasteiger partial charge in [-0.25, -0.2) is 9.97 Å². The molecular weight excluding hydrogens is 392 g/mol. The van der Waals surface area contributed by atoms with Gasteiger partial charge in [0.1, 0.15) is 28.6 Å². The van der Waals surface area contributed by atoms with Gasteiger partial charge < -0.3 is 20.3 Å². The van der Waals surface area contributed by atoms with Gasteiger partial charge in [-0.3, -0.25) is 4.40 Å². The van der Waals surface area contributed by atoms with Crippen LogP contribution < -0.4 is 15.2 Å². The molecule has 5 rings (SSSR count). The highest BCUT2D eigenvalue weighted by Gasteiger charge is 2.41. The summed E-state index contributed by atoms with van der Waals surface area (Å²) < 4.78 is 13.6. The maximum Gasteiger partial charge on any atom is 0.169 e. The summed E-state index contributed by atoms with van der Waals surface area (Å²) in [4.78, 5) is 9.20. The van der Waals surface area contributed by atoms with Gasteiger partial charge in [-0.1, -0.05) is 18.2 Å². The van der Waals surface area contributed by atoms with Crippen LogP contribution in [0.4, 0.5) is 5.82 Å². The van der Waals surface area contributed by atoms with Crippen molar-refractivity contribution in [2.75, 3.05) is 12.8 Å². The lowest BCUT2D eigenvalue weighted by molar-refractivity contribution is -0.0335. The van der Waals surface area contributed by atoms with E-state index < -0.39 is 5.60 Å². The summed E-state index contributed by atoms with van der Waals surface area (Å²) >= 11 is 0. The highest BCUT2D eigenvalue weighted by molar-refractivity contribution is 5.86. The van der Waals surface area contributed by atoms with E-state index in [9.17, 15) is 5.11 Å². The number of hydrogen-bond acceptors (Lipinski definition) is 6. The van der Waals surface area contributed by atoms with Gasteiger partial charge in [-0.15, -0.1) is 0 Å². The zero-order valence-corrected chi connectivity index (χ0v) is 17.4. The first-order valence-corrected chi connectivity index (χ1v) is 10.2. The summed E-state index contributed by atoms with van der Waals surface area (Å²) in [5.41, 5.74) is 7.94. The number of anilines is 1. The van der Waals surface area contributed by atoms with Crippen molar-refractivity contribution in [2.45, 2.75) is 31.3 Å². The number of nitrogens with zero attached hydrogens (tertiary/aromatic N) is 3. The molecule has 158 valence electrons. The SMILES string of the molecule is COc1cc(-c2nc([C@H]3C[C@@](C)(O)C3)n3ccnc(N)c23)ccc1Oc1ccccc1. The first-order chi connectivity index (χ1) is 14.9. The average Bonchev–Trinajstić information content (AvgIpc) is 3.14. The Labute approximate surface area is 180 Å². The molecule has 0 saturated heterocycles. The van der Waals surface area contributed by atoms with Gasteiger partial charge in [0.05, 0.1) is 12.7 Å². The quantitative estimate of drug-likeness (QED) is 0.500. The van der Waals surface area contributed by atoms with Crippen molar-refractivity contribution >= 4 is 11.3 Å². The summed E-state index contributed by atoms with van der Waals surface area (Å²) in [6.07, 6.45) is 4.88. The molecule has 3 N–H and O–H groups in total. The van der Waals surface area contributed by atoms with Crippen LogP contribution in [0.25, 0.3) is 16.8 Å². The smallest absolute Gasteiger partial charge is 0.169 e. The largest absolute Gasteiger partial charge is 0.493 e. The first-order valence-electron chi connectivity index (χ1n) is 10.2. The van der Waals surface area contributed by atoms with E-state index >= 15 is 0 Å². The fourth-order valence-corrected chi connectivity index (χ4v) is 4.28. The molecule has 1 aliphatic rings. The van der Waals surface area contributed by atoms with Gasteiger partial charge in [0.25, 0.3) is 0 Å². The van der Waals surface area contributed by atoms with Crippen molar-refractivity contribution in [3.05, 3.63) is 66.7 Å². The van der Waals surface area contributed by atoms with Gasteiger partial charge in [0, 0.05) is 23.9 Å². The molecule has 2 aromatic carbocycles. The van der Waals surface area contributed by atoms with Crippen molar-refractivity contribution in [1.29, 1.82) is 0 Å². The molecule has 0 radical (unpaired) electrons. The second kappa shape index (κ2) is 7.28. The Morgan fingerprint density at radius 1 is 1.13 bits per heavy atom. The third-order valence-electron chi connectivity index (χ3n) is 5.76. The average molecular weight is 416 g/mol. The number of aromatic nitrogens is 3. The minimum Gasteiger partial charge on any atom is -0.493 e. The number of methoxy groups -OCH3 is 1. The van der Waals surface area contributed by atoms with Crippen LogP contribution in [-0.2, 0) is 0 Å². The second-order valence-corrected chi connectivity index (χ2v) is 8.23. The summed E-state index contributed by atoms with van der Waals surface area (Å²) in [6.45, 7) is 1.85. The Kier molecular flexibility index (Phi) is 4.55. The Hall–Kier alpha value is -3.58. The van der Waals surface area contributed by atoms with Crippen molar-refractivity contribution in [3.63, 3.8) is 0 Å². The topological polar surface area (TPSA) is 94.9 Å². The van der Waals surface area contributed by atoms with Crippen LogP contribution in [0.1, 0.15) is 31.5 Å². The van der Waals surface area contributed by atoms with Gasteiger partial charge in [0.15, 0.2) is 11.5 Å². The molecule has 1 saturated carbocycles. The molecule has 0 bridgehead atoms. The normalized spacial score (nSPS) is 20.4. The number of ether oxygens (including phenoxy) is 2. The van der Waals surface area contributed by atoms with Crippen LogP contribution in [0.2, 0.25) is 0 Å². The van der Waals surface area contributed by atoms with Gasteiger partial charge in [0.2, 0.25) is 0 Å². The maximum atomic E-state index is 10.2. The fraction of sp³-hybridized carbons (Fsp3) is 0.250. The van der Waals surface area contributed by atoms with Crippen LogP contribution >= 0.6 is 0 Å². The Morgan fingerprint density at radius 2 is 1.90 bits per heavy atom. The number of rotatable bonds is 5. The molecule has 1 aliphatic carbocycles. The molecule has 7 heteroatoms. The molecule has 0 amide bonds. The number of aliphatic hydroxyl groups is 1. The summed E-state index contributed by atoms with van der Waals surface area (Å²) in [6, 6.07) is 15.3. The molecule has 7 nitrogen and oxygen atoms in total. The van der Waals surface area contributed by atoms with Crippen LogP contribution in [0, 0.1) is 0 Å². The number of fused-ring (bicyclic) bond motifs is 1. The predicted octanol–water partition coefficient (Wildman–Crippen LogP) is 4.41. The van der Waals surface area contributed by atoms with Crippen LogP contribution in [0.3, 0.4) is 0 Å². The molecule has 0 atom stereocenters. The summed E-state index contributed by atoms with van der Waals surface area (Å²) in [5.74, 6) is 3.40. The fourth-order valence-electron chi connectivity index (χ4n) is 4.28. The van der Waals surface area contributed by atoms with Gasteiger partial charge in [-0.2, -0.15) is 0 Å². The summed E-state index contributed by atoms with van der Waals surface area (Å²) in [7, 11) is 1.61. The van der Waals surface area contributed by atoms with Crippen LogP contribution in [0.15, 0.2) is 60.9 Å². The lowest BCUT2D eigenvalue weighted by atomic mass is 9.72.